The third-order valence-electron chi connectivity index (χ3n) is 2.36. The first-order valence-electron chi connectivity index (χ1n) is 5.64. The van der Waals surface area contributed by atoms with Gasteiger partial charge >= 0.3 is 0 Å². The van der Waals surface area contributed by atoms with E-state index in [-0.39, 0.29) is 11.0 Å². The quantitative estimate of drug-likeness (QED) is 0.745. The third kappa shape index (κ3) is 4.66. The van der Waals surface area contributed by atoms with Gasteiger partial charge in [0, 0.05) is 5.02 Å². The highest BCUT2D eigenvalue weighted by molar-refractivity contribution is 7.86. The fourth-order valence-electron chi connectivity index (χ4n) is 1.41. The number of hydrogen-bond acceptors (Lipinski definition) is 3. The van der Waals surface area contributed by atoms with Crippen LogP contribution >= 0.6 is 11.6 Å². The second-order valence-corrected chi connectivity index (χ2v) is 5.97. The summed E-state index contributed by atoms with van der Waals surface area (Å²) in [7, 11) is -3.67. The minimum atomic E-state index is -3.67. The molecule has 5 heteroatoms. The van der Waals surface area contributed by atoms with Crippen molar-refractivity contribution >= 4 is 21.7 Å². The third-order valence-corrected chi connectivity index (χ3v) is 4.04. The molecule has 0 aromatic heterocycles. The first-order valence-corrected chi connectivity index (χ1v) is 7.43. The first-order chi connectivity index (χ1) is 7.95. The molecule has 0 spiro atoms. The molecule has 0 saturated heterocycles. The van der Waals surface area contributed by atoms with Gasteiger partial charge in [-0.25, -0.2) is 0 Å². The molecule has 0 aliphatic rings. The average Bonchev–Trinajstić information content (AvgIpc) is 2.26. The van der Waals surface area contributed by atoms with Crippen LogP contribution in [0.25, 0.3) is 0 Å². The summed E-state index contributed by atoms with van der Waals surface area (Å²) in [6.07, 6.45) is 2.42. The summed E-state index contributed by atoms with van der Waals surface area (Å²) in [6, 6.07) is 5.97. The van der Waals surface area contributed by atoms with Crippen LogP contribution in [0.15, 0.2) is 29.2 Å². The molecule has 0 radical (unpaired) electrons. The molecule has 0 heterocycles. The Labute approximate surface area is 108 Å². The molecule has 0 saturated carbocycles. The molecule has 0 amide bonds. The van der Waals surface area contributed by atoms with Crippen LogP contribution in [0.2, 0.25) is 5.02 Å². The SMILES string of the molecule is CCCCC(C)OS(=O)(=O)c1ccc(Cl)cc1. The van der Waals surface area contributed by atoms with Crippen molar-refractivity contribution < 1.29 is 12.6 Å². The van der Waals surface area contributed by atoms with Gasteiger partial charge in [-0.2, -0.15) is 8.42 Å². The Morgan fingerprint density at radius 2 is 1.88 bits per heavy atom. The smallest absolute Gasteiger partial charge is 0.263 e. The lowest BCUT2D eigenvalue weighted by Crippen LogP contribution is -2.15. The predicted octanol–water partition coefficient (Wildman–Crippen LogP) is 3.62. The predicted molar refractivity (Wildman–Crippen MR) is 68.7 cm³/mol. The largest absolute Gasteiger partial charge is 0.297 e. The Kier molecular flexibility index (Phi) is 5.43. The minimum Gasteiger partial charge on any atom is -0.263 e. The molecule has 0 bridgehead atoms. The Morgan fingerprint density at radius 3 is 2.41 bits per heavy atom. The monoisotopic (exact) mass is 276 g/mol. The zero-order valence-corrected chi connectivity index (χ0v) is 11.6. The average molecular weight is 277 g/mol. The summed E-state index contributed by atoms with van der Waals surface area (Å²) >= 11 is 5.70. The number of halogens is 1. The van der Waals surface area contributed by atoms with Gasteiger partial charge in [0.05, 0.1) is 11.0 Å². The van der Waals surface area contributed by atoms with Crippen LogP contribution in [0.3, 0.4) is 0 Å². The summed E-state index contributed by atoms with van der Waals surface area (Å²) in [5.74, 6) is 0. The van der Waals surface area contributed by atoms with E-state index < -0.39 is 10.1 Å². The van der Waals surface area contributed by atoms with E-state index in [0.717, 1.165) is 19.3 Å². The molecule has 96 valence electrons. The Balaban J connectivity index is 2.71. The second kappa shape index (κ2) is 6.38. The molecule has 0 aliphatic heterocycles. The van der Waals surface area contributed by atoms with E-state index in [1.807, 2.05) is 0 Å². The van der Waals surface area contributed by atoms with Crippen molar-refractivity contribution in [1.29, 1.82) is 0 Å². The van der Waals surface area contributed by atoms with Gasteiger partial charge in [0.1, 0.15) is 0 Å². The van der Waals surface area contributed by atoms with Crippen molar-refractivity contribution in [2.24, 2.45) is 0 Å². The minimum absolute atomic E-state index is 0.144. The van der Waals surface area contributed by atoms with Gasteiger partial charge in [0.2, 0.25) is 0 Å². The van der Waals surface area contributed by atoms with Crippen molar-refractivity contribution in [3.8, 4) is 0 Å². The van der Waals surface area contributed by atoms with Crippen LogP contribution in [0.4, 0.5) is 0 Å². The van der Waals surface area contributed by atoms with E-state index in [0.29, 0.717) is 5.02 Å². The summed E-state index contributed by atoms with van der Waals surface area (Å²) in [5, 5.41) is 0.503. The van der Waals surface area contributed by atoms with Gasteiger partial charge in [-0.3, -0.25) is 4.18 Å². The zero-order valence-electron chi connectivity index (χ0n) is 10.0. The van der Waals surface area contributed by atoms with Crippen molar-refractivity contribution in [1.82, 2.24) is 0 Å². The van der Waals surface area contributed by atoms with Gasteiger partial charge in [0.25, 0.3) is 10.1 Å². The van der Waals surface area contributed by atoms with E-state index in [9.17, 15) is 8.42 Å². The van der Waals surface area contributed by atoms with E-state index >= 15 is 0 Å². The summed E-state index contributed by atoms with van der Waals surface area (Å²) < 4.78 is 28.8. The fourth-order valence-corrected chi connectivity index (χ4v) is 2.65. The van der Waals surface area contributed by atoms with Crippen molar-refractivity contribution in [2.75, 3.05) is 0 Å². The highest BCUT2D eigenvalue weighted by Gasteiger charge is 2.18. The van der Waals surface area contributed by atoms with Crippen molar-refractivity contribution in [3.05, 3.63) is 29.3 Å². The number of unbranched alkanes of at least 4 members (excludes halogenated alkanes) is 1. The Morgan fingerprint density at radius 1 is 1.29 bits per heavy atom. The van der Waals surface area contributed by atoms with Crippen LogP contribution in [0.1, 0.15) is 33.1 Å². The lowest BCUT2D eigenvalue weighted by molar-refractivity contribution is 0.214. The number of rotatable bonds is 6. The van der Waals surface area contributed by atoms with Gasteiger partial charge < -0.3 is 0 Å². The molecule has 1 atom stereocenters. The van der Waals surface area contributed by atoms with Crippen molar-refractivity contribution in [2.45, 2.75) is 44.1 Å². The molecular weight excluding hydrogens is 260 g/mol. The molecule has 1 unspecified atom stereocenters. The number of hydrogen-bond donors (Lipinski definition) is 0. The van der Waals surface area contributed by atoms with Crippen LogP contribution in [0, 0.1) is 0 Å². The maximum Gasteiger partial charge on any atom is 0.297 e. The van der Waals surface area contributed by atoms with Gasteiger partial charge in [-0.15, -0.1) is 0 Å². The molecule has 0 aliphatic carbocycles. The van der Waals surface area contributed by atoms with Gasteiger partial charge in [-0.05, 0) is 37.6 Å². The summed E-state index contributed by atoms with van der Waals surface area (Å²) in [4.78, 5) is 0.144. The molecule has 0 fully saturated rings. The van der Waals surface area contributed by atoms with E-state index in [2.05, 4.69) is 6.92 Å². The first kappa shape index (κ1) is 14.5. The lowest BCUT2D eigenvalue weighted by Gasteiger charge is -2.12. The molecule has 1 rings (SSSR count). The highest BCUT2D eigenvalue weighted by Crippen LogP contribution is 2.18. The maximum atomic E-state index is 11.9. The topological polar surface area (TPSA) is 43.4 Å². The van der Waals surface area contributed by atoms with Crippen LogP contribution in [0.5, 0.6) is 0 Å². The van der Waals surface area contributed by atoms with Crippen LogP contribution in [-0.2, 0) is 14.3 Å². The molecule has 1 aromatic rings. The van der Waals surface area contributed by atoms with Crippen LogP contribution in [-0.4, -0.2) is 14.5 Å². The van der Waals surface area contributed by atoms with E-state index in [4.69, 9.17) is 15.8 Å². The summed E-state index contributed by atoms with van der Waals surface area (Å²) in [5.41, 5.74) is 0. The van der Waals surface area contributed by atoms with Gasteiger partial charge in [0.15, 0.2) is 0 Å². The lowest BCUT2D eigenvalue weighted by atomic mass is 10.2. The molecular formula is C12H17ClO3S. The van der Waals surface area contributed by atoms with E-state index in [1.54, 1.807) is 6.92 Å². The fraction of sp³-hybridized carbons (Fsp3) is 0.500. The highest BCUT2D eigenvalue weighted by atomic mass is 35.5. The Hall–Kier alpha value is -0.580. The normalized spacial score (nSPS) is 13.6. The summed E-state index contributed by atoms with van der Waals surface area (Å²) in [6.45, 7) is 3.82. The number of benzene rings is 1. The zero-order chi connectivity index (χ0) is 12.9. The molecule has 17 heavy (non-hydrogen) atoms. The standard InChI is InChI=1S/C12H17ClO3S/c1-3-4-5-10(2)16-17(14,15)12-8-6-11(13)7-9-12/h6-10H,3-5H2,1-2H3. The maximum absolute atomic E-state index is 11.9. The van der Waals surface area contributed by atoms with Crippen molar-refractivity contribution in [3.63, 3.8) is 0 Å². The van der Waals surface area contributed by atoms with E-state index in [1.165, 1.54) is 24.3 Å². The second-order valence-electron chi connectivity index (χ2n) is 3.96. The molecule has 0 N–H and O–H groups in total. The molecule has 1 aromatic carbocycles. The Bertz CT molecular complexity index is 439. The molecule has 3 nitrogen and oxygen atoms in total. The van der Waals surface area contributed by atoms with Gasteiger partial charge in [-0.1, -0.05) is 31.4 Å². The van der Waals surface area contributed by atoms with Crippen LogP contribution < -0.4 is 0 Å².